The Hall–Kier alpha value is -5.87. The van der Waals surface area contributed by atoms with Gasteiger partial charge in [-0.25, -0.2) is 0 Å². The summed E-state index contributed by atoms with van der Waals surface area (Å²) < 4.78 is 22.4. The Morgan fingerprint density at radius 2 is 0.957 bits per heavy atom. The third-order valence-electron chi connectivity index (χ3n) is 7.99. The van der Waals surface area contributed by atoms with E-state index in [-0.39, 0.29) is 0 Å². The van der Waals surface area contributed by atoms with Crippen molar-refractivity contribution in [3.63, 3.8) is 0 Å². The zero-order valence-electron chi connectivity index (χ0n) is 25.3. The van der Waals surface area contributed by atoms with Crippen LogP contribution < -0.4 is 11.4 Å². The van der Waals surface area contributed by atoms with E-state index in [9.17, 15) is 0 Å². The minimum absolute atomic E-state index is 0.636. The highest BCUT2D eigenvalue weighted by Gasteiger charge is 2.45. The van der Waals surface area contributed by atoms with Gasteiger partial charge in [0.25, 0.3) is 0 Å². The van der Waals surface area contributed by atoms with E-state index in [0.717, 1.165) is 39.2 Å². The highest BCUT2D eigenvalue weighted by molar-refractivity contribution is 6.40. The van der Waals surface area contributed by atoms with Crippen LogP contribution in [0.25, 0.3) is 50.0 Å². The Bertz CT molecular complexity index is 2170. The molecule has 7 heteroatoms. The molecule has 0 aliphatic rings. The second kappa shape index (κ2) is 12.9. The molecule has 8 rings (SSSR count). The largest absolute Gasteiger partial charge is 1.20 e. The van der Waals surface area contributed by atoms with Gasteiger partial charge < -0.3 is 15.9 Å². The highest BCUT2D eigenvalue weighted by Crippen LogP contribution is 2.35. The highest BCUT2D eigenvalue weighted by atomic mass is 27.3. The van der Waals surface area contributed by atoms with Crippen LogP contribution in [0.2, 0.25) is 0 Å². The molecule has 6 nitrogen and oxygen atoms in total. The van der Waals surface area contributed by atoms with Crippen molar-refractivity contribution >= 4 is 37.0 Å². The van der Waals surface area contributed by atoms with Crippen molar-refractivity contribution in [2.24, 2.45) is 0 Å². The third kappa shape index (κ3) is 5.82. The number of para-hydroxylation sites is 4. The van der Waals surface area contributed by atoms with Crippen molar-refractivity contribution in [3.8, 4) is 45.5 Å². The first-order valence-electron chi connectivity index (χ1n) is 15.4. The Balaban J connectivity index is 1.20. The number of hydrogen-bond acceptors (Lipinski definition) is 5. The Morgan fingerprint density at radius 1 is 0.447 bits per heavy atom. The lowest BCUT2D eigenvalue weighted by Crippen LogP contribution is -2.37. The van der Waals surface area contributed by atoms with Crippen LogP contribution in [0.3, 0.4) is 0 Å². The maximum atomic E-state index is 6.71. The van der Waals surface area contributed by atoms with E-state index in [4.69, 9.17) is 11.4 Å². The standard InChI is InChI=1S/C18H13NO.2C11H9NO.Al/c20-14-7-5-6-13(12-14)19-17-10-3-1-8-15(17)16-9-2-4-11-18(16)19;2*13-11-7-2-1-5-9(11)10-6-3-4-8-12-10;/h1-12,20H;2*1-8,13H;/q;;;+3/p-3. The molecule has 47 heavy (non-hydrogen) atoms. The predicted molar refractivity (Wildman–Crippen MR) is 188 cm³/mol. The minimum atomic E-state index is -2.98. The van der Waals surface area contributed by atoms with E-state index in [1.165, 1.54) is 10.8 Å². The Labute approximate surface area is 277 Å². The van der Waals surface area contributed by atoms with Crippen LogP contribution in [-0.4, -0.2) is 29.7 Å². The Morgan fingerprint density at radius 3 is 1.51 bits per heavy atom. The van der Waals surface area contributed by atoms with Gasteiger partial charge in [-0.1, -0.05) is 78.9 Å². The van der Waals surface area contributed by atoms with Crippen LogP contribution >= 0.6 is 0 Å². The van der Waals surface area contributed by atoms with E-state index < -0.39 is 15.1 Å². The molecule has 8 aromatic rings. The van der Waals surface area contributed by atoms with Crippen molar-refractivity contribution in [2.45, 2.75) is 0 Å². The van der Waals surface area contributed by atoms with Gasteiger partial charge in [-0.3, -0.25) is 9.97 Å². The zero-order valence-corrected chi connectivity index (χ0v) is 26.5. The average molecular weight is 626 g/mol. The molecule has 3 aromatic heterocycles. The van der Waals surface area contributed by atoms with Crippen LogP contribution in [0.1, 0.15) is 0 Å². The average Bonchev–Trinajstić information content (AvgIpc) is 3.47. The summed E-state index contributed by atoms with van der Waals surface area (Å²) in [5.41, 5.74) is 6.55. The molecule has 0 fully saturated rings. The number of benzene rings is 5. The molecule has 0 aliphatic heterocycles. The summed E-state index contributed by atoms with van der Waals surface area (Å²) in [6.07, 6.45) is 3.55. The summed E-state index contributed by atoms with van der Waals surface area (Å²) in [5.74, 6) is 1.92. The van der Waals surface area contributed by atoms with Crippen molar-refractivity contribution < 1.29 is 11.4 Å². The maximum Gasteiger partial charge on any atom is 1.20 e. The fourth-order valence-corrected chi connectivity index (χ4v) is 7.23. The summed E-state index contributed by atoms with van der Waals surface area (Å²) in [6.45, 7) is 0. The van der Waals surface area contributed by atoms with E-state index in [2.05, 4.69) is 69.1 Å². The normalized spacial score (nSPS) is 11.0. The van der Waals surface area contributed by atoms with Crippen molar-refractivity contribution in [1.29, 1.82) is 0 Å². The second-order valence-corrected chi connectivity index (χ2v) is 12.2. The lowest BCUT2D eigenvalue weighted by molar-refractivity contribution is 0.308. The molecule has 0 atom stereocenters. The summed E-state index contributed by atoms with van der Waals surface area (Å²) in [7, 11) is 0. The number of pyridine rings is 2. The maximum absolute atomic E-state index is 6.71. The first-order chi connectivity index (χ1) is 23.3. The quantitative estimate of drug-likeness (QED) is 0.150. The molecule has 0 bridgehead atoms. The molecule has 0 radical (unpaired) electrons. The summed E-state index contributed by atoms with van der Waals surface area (Å²) in [6, 6.07) is 52.3. The minimum Gasteiger partial charge on any atom is -0.577 e. The fraction of sp³-hybridized carbons (Fsp3) is 0. The number of fused-ring (bicyclic) bond motifs is 3. The summed E-state index contributed by atoms with van der Waals surface area (Å²) in [4.78, 5) is 9.14. The molecule has 0 saturated heterocycles. The van der Waals surface area contributed by atoms with Crippen LogP contribution in [0.4, 0.5) is 0 Å². The monoisotopic (exact) mass is 625 g/mol. The topological polar surface area (TPSA) is 58.4 Å². The van der Waals surface area contributed by atoms with Crippen molar-refractivity contribution in [1.82, 2.24) is 14.5 Å². The first-order valence-corrected chi connectivity index (χ1v) is 16.8. The van der Waals surface area contributed by atoms with Crippen LogP contribution in [-0.2, 0) is 0 Å². The molecule has 3 heterocycles. The van der Waals surface area contributed by atoms with Crippen LogP contribution in [0.15, 0.2) is 170 Å². The van der Waals surface area contributed by atoms with Gasteiger partial charge in [-0.2, -0.15) is 0 Å². The van der Waals surface area contributed by atoms with E-state index in [1.807, 2.05) is 103 Å². The Kier molecular flexibility index (Phi) is 7.82. The SMILES string of the molecule is c1ccc(-c2ccccc2[O][Al]([O]c2cccc(-n3c4ccccc4c4ccccc43)c2)[O]c2ccccc2-c2ccccn2)nc1. The van der Waals surface area contributed by atoms with Gasteiger partial charge in [-0.15, -0.1) is 0 Å². The number of rotatable bonds is 9. The van der Waals surface area contributed by atoms with Gasteiger partial charge in [0.1, 0.15) is 0 Å². The molecule has 0 N–H and O–H groups in total. The summed E-state index contributed by atoms with van der Waals surface area (Å²) >= 11 is -2.98. The van der Waals surface area contributed by atoms with E-state index >= 15 is 0 Å². The molecule has 5 aromatic carbocycles. The molecular formula is C40H28AlN3O3. The first kappa shape index (κ1) is 28.6. The number of aromatic nitrogens is 3. The van der Waals surface area contributed by atoms with Gasteiger partial charge in [0.15, 0.2) is 0 Å². The van der Waals surface area contributed by atoms with Crippen molar-refractivity contribution in [3.05, 3.63) is 170 Å². The van der Waals surface area contributed by atoms with Crippen molar-refractivity contribution in [2.75, 3.05) is 0 Å². The molecule has 0 unspecified atom stereocenters. The van der Waals surface area contributed by atoms with Gasteiger partial charge in [-0.05, 0) is 72.8 Å². The molecule has 0 spiro atoms. The van der Waals surface area contributed by atoms with Crippen LogP contribution in [0, 0.1) is 0 Å². The number of nitrogens with zero attached hydrogens (tertiary/aromatic N) is 3. The lowest BCUT2D eigenvalue weighted by atomic mass is 10.1. The second-order valence-electron chi connectivity index (χ2n) is 10.9. The van der Waals surface area contributed by atoms with Gasteiger partial charge in [0.2, 0.25) is 0 Å². The molecule has 0 saturated carbocycles. The zero-order chi connectivity index (χ0) is 31.4. The van der Waals surface area contributed by atoms with Gasteiger partial charge in [0, 0.05) is 46.0 Å². The smallest absolute Gasteiger partial charge is 0.577 e. The third-order valence-corrected chi connectivity index (χ3v) is 9.35. The molecule has 0 aliphatic carbocycles. The molecule has 224 valence electrons. The van der Waals surface area contributed by atoms with E-state index in [1.54, 1.807) is 12.4 Å². The molecular weight excluding hydrogens is 597 g/mol. The number of hydrogen-bond donors (Lipinski definition) is 0. The van der Waals surface area contributed by atoms with Gasteiger partial charge >= 0.3 is 15.1 Å². The van der Waals surface area contributed by atoms with Gasteiger partial charge in [0.05, 0.1) is 39.7 Å². The van der Waals surface area contributed by atoms with Crippen LogP contribution in [0.5, 0.6) is 17.2 Å². The van der Waals surface area contributed by atoms with E-state index in [0.29, 0.717) is 17.2 Å². The lowest BCUT2D eigenvalue weighted by Gasteiger charge is -2.20. The fourth-order valence-electron chi connectivity index (χ4n) is 5.89. The predicted octanol–water partition coefficient (Wildman–Crippen LogP) is 9.43. The summed E-state index contributed by atoms with van der Waals surface area (Å²) in [5, 5.41) is 2.40. The molecule has 0 amide bonds.